The molecule has 0 fully saturated rings. The van der Waals surface area contributed by atoms with Crippen molar-refractivity contribution in [3.05, 3.63) is 82.3 Å². The topological polar surface area (TPSA) is 83.3 Å². The van der Waals surface area contributed by atoms with Crippen molar-refractivity contribution in [3.8, 4) is 11.8 Å². The summed E-state index contributed by atoms with van der Waals surface area (Å²) < 4.78 is 29.1. The van der Waals surface area contributed by atoms with Gasteiger partial charge in [0.1, 0.15) is 11.3 Å². The number of halogens is 2. The van der Waals surface area contributed by atoms with Gasteiger partial charge in [0.15, 0.2) is 5.13 Å². The van der Waals surface area contributed by atoms with Gasteiger partial charge < -0.3 is 10.6 Å². The molecule has 7 nitrogen and oxygen atoms in total. The highest BCUT2D eigenvalue weighted by molar-refractivity contribution is 7.16. The molecule has 0 aliphatic heterocycles. The summed E-state index contributed by atoms with van der Waals surface area (Å²) in [6.45, 7) is 4.56. The number of alkyl halides is 2. The molecule has 0 atom stereocenters. The van der Waals surface area contributed by atoms with Crippen molar-refractivity contribution in [2.75, 3.05) is 25.0 Å². The van der Waals surface area contributed by atoms with Crippen LogP contribution < -0.4 is 16.0 Å². The third-order valence-electron chi connectivity index (χ3n) is 5.14. The summed E-state index contributed by atoms with van der Waals surface area (Å²) in [5.74, 6) is 5.57. The van der Waals surface area contributed by atoms with E-state index in [9.17, 15) is 13.6 Å². The molecule has 0 radical (unpaired) electrons. The van der Waals surface area contributed by atoms with E-state index in [0.717, 1.165) is 24.4 Å². The standard InChI is InChI=1S/C25H24F2N6OS/c1-2-28-10-11-29-14-18-7-6-17(13-21(18)23(26)27)24(34)32-25-31-16-20(35-25)9-8-19-15-30-22-5-3-4-12-33(19)22/h3-7,12-13,15-16,23,28-29H,2,10-11,14H2,1H3,(H,31,32,34). The second-order valence-corrected chi connectivity index (χ2v) is 8.58. The number of nitrogens with one attached hydrogen (secondary N) is 3. The molecule has 4 rings (SSSR count). The number of hydrogen-bond donors (Lipinski definition) is 3. The molecule has 0 aliphatic carbocycles. The van der Waals surface area contributed by atoms with Crippen LogP contribution in [0, 0.1) is 11.8 Å². The van der Waals surface area contributed by atoms with Gasteiger partial charge in [-0.05, 0) is 48.2 Å². The number of rotatable bonds is 9. The maximum atomic E-state index is 13.6. The Hall–Kier alpha value is -3.65. The molecular formula is C25H24F2N6OS. The number of anilines is 1. The minimum atomic E-state index is -2.69. The summed E-state index contributed by atoms with van der Waals surface area (Å²) in [5, 5.41) is 9.30. The Morgan fingerprint density at radius 2 is 1.97 bits per heavy atom. The minimum absolute atomic E-state index is 0.144. The molecule has 1 amide bonds. The maximum absolute atomic E-state index is 13.6. The molecule has 3 N–H and O–H groups in total. The van der Waals surface area contributed by atoms with Gasteiger partial charge in [0.05, 0.1) is 17.3 Å². The van der Waals surface area contributed by atoms with Crippen LogP contribution in [0.2, 0.25) is 0 Å². The zero-order chi connectivity index (χ0) is 24.6. The van der Waals surface area contributed by atoms with E-state index in [1.54, 1.807) is 24.5 Å². The first-order valence-corrected chi connectivity index (χ1v) is 11.9. The van der Waals surface area contributed by atoms with Gasteiger partial charge >= 0.3 is 0 Å². The average molecular weight is 495 g/mol. The van der Waals surface area contributed by atoms with Gasteiger partial charge in [-0.15, -0.1) is 0 Å². The van der Waals surface area contributed by atoms with E-state index < -0.39 is 12.3 Å². The third-order valence-corrected chi connectivity index (χ3v) is 5.97. The Labute approximate surface area is 205 Å². The summed E-state index contributed by atoms with van der Waals surface area (Å²) in [7, 11) is 0. The van der Waals surface area contributed by atoms with E-state index >= 15 is 0 Å². The minimum Gasteiger partial charge on any atom is -0.316 e. The van der Waals surface area contributed by atoms with E-state index in [2.05, 4.69) is 37.8 Å². The summed E-state index contributed by atoms with van der Waals surface area (Å²) >= 11 is 1.20. The highest BCUT2D eigenvalue weighted by atomic mass is 32.1. The fourth-order valence-electron chi connectivity index (χ4n) is 3.39. The Bertz CT molecular complexity index is 1370. The van der Waals surface area contributed by atoms with E-state index in [4.69, 9.17) is 0 Å². The molecule has 1 aromatic carbocycles. The number of nitrogens with zero attached hydrogens (tertiary/aromatic N) is 3. The molecule has 3 heterocycles. The monoisotopic (exact) mass is 494 g/mol. The second-order valence-electron chi connectivity index (χ2n) is 7.55. The molecule has 0 aliphatic rings. The van der Waals surface area contributed by atoms with Gasteiger partial charge in [0, 0.05) is 37.0 Å². The molecule has 0 saturated carbocycles. The molecule has 0 bridgehead atoms. The summed E-state index contributed by atoms with van der Waals surface area (Å²) in [6.07, 6.45) is 2.44. The molecule has 180 valence electrons. The molecule has 0 spiro atoms. The number of amides is 1. The van der Waals surface area contributed by atoms with Crippen molar-refractivity contribution in [3.63, 3.8) is 0 Å². The predicted molar refractivity (Wildman–Crippen MR) is 133 cm³/mol. The lowest BCUT2D eigenvalue weighted by atomic mass is 10.0. The first-order valence-electron chi connectivity index (χ1n) is 11.1. The van der Waals surface area contributed by atoms with Gasteiger partial charge in [-0.3, -0.25) is 14.5 Å². The molecule has 0 unspecified atom stereocenters. The van der Waals surface area contributed by atoms with Crippen LogP contribution in [0.4, 0.5) is 13.9 Å². The van der Waals surface area contributed by atoms with Crippen LogP contribution in [0.25, 0.3) is 5.65 Å². The van der Waals surface area contributed by atoms with E-state index in [1.165, 1.54) is 17.4 Å². The number of carbonyl (C=O) groups excluding carboxylic acids is 1. The van der Waals surface area contributed by atoms with Gasteiger partial charge in [0.25, 0.3) is 12.3 Å². The van der Waals surface area contributed by atoms with E-state index in [-0.39, 0.29) is 11.1 Å². The van der Waals surface area contributed by atoms with Crippen molar-refractivity contribution >= 4 is 28.0 Å². The number of benzene rings is 1. The Balaban J connectivity index is 1.41. The zero-order valence-corrected chi connectivity index (χ0v) is 19.8. The predicted octanol–water partition coefficient (Wildman–Crippen LogP) is 4.08. The van der Waals surface area contributed by atoms with Crippen LogP contribution in [-0.4, -0.2) is 39.9 Å². The lowest BCUT2D eigenvalue weighted by Crippen LogP contribution is -2.27. The Kier molecular flexibility index (Phi) is 8.15. The van der Waals surface area contributed by atoms with Crippen molar-refractivity contribution < 1.29 is 13.6 Å². The average Bonchev–Trinajstić information content (AvgIpc) is 3.49. The second kappa shape index (κ2) is 11.7. The molecule has 0 saturated heterocycles. The highest BCUT2D eigenvalue weighted by Gasteiger charge is 2.17. The summed E-state index contributed by atoms with van der Waals surface area (Å²) in [4.78, 5) is 21.8. The maximum Gasteiger partial charge on any atom is 0.264 e. The number of hydrogen-bond acceptors (Lipinski definition) is 6. The fraction of sp³-hybridized carbons (Fsp3) is 0.240. The molecule has 35 heavy (non-hydrogen) atoms. The zero-order valence-electron chi connectivity index (χ0n) is 19.0. The smallest absolute Gasteiger partial charge is 0.264 e. The van der Waals surface area contributed by atoms with E-state index in [1.807, 2.05) is 35.7 Å². The van der Waals surface area contributed by atoms with Crippen LogP contribution in [0.5, 0.6) is 0 Å². The van der Waals surface area contributed by atoms with Gasteiger partial charge in [-0.25, -0.2) is 18.7 Å². The summed E-state index contributed by atoms with van der Waals surface area (Å²) in [6, 6.07) is 10.0. The number of pyridine rings is 1. The lowest BCUT2D eigenvalue weighted by molar-refractivity contribution is 0.102. The normalized spacial score (nSPS) is 11.0. The highest BCUT2D eigenvalue weighted by Crippen LogP contribution is 2.25. The van der Waals surface area contributed by atoms with Crippen LogP contribution in [0.3, 0.4) is 0 Å². The first kappa shape index (κ1) is 24.5. The van der Waals surface area contributed by atoms with Gasteiger partial charge in [-0.1, -0.05) is 30.4 Å². The molecule has 4 aromatic rings. The lowest BCUT2D eigenvalue weighted by Gasteiger charge is -2.12. The van der Waals surface area contributed by atoms with Crippen molar-refractivity contribution in [2.45, 2.75) is 19.9 Å². The van der Waals surface area contributed by atoms with E-state index in [0.29, 0.717) is 28.7 Å². The van der Waals surface area contributed by atoms with Crippen molar-refractivity contribution in [1.29, 1.82) is 0 Å². The van der Waals surface area contributed by atoms with Crippen LogP contribution in [-0.2, 0) is 6.54 Å². The number of thiazole rings is 1. The Morgan fingerprint density at radius 1 is 1.11 bits per heavy atom. The van der Waals surface area contributed by atoms with Crippen LogP contribution >= 0.6 is 11.3 Å². The number of imidazole rings is 1. The fourth-order valence-corrected chi connectivity index (χ4v) is 4.05. The number of carbonyl (C=O) groups is 1. The number of likely N-dealkylation sites (N-methyl/N-ethyl adjacent to an activating group) is 1. The van der Waals surface area contributed by atoms with Gasteiger partial charge in [0.2, 0.25) is 0 Å². The van der Waals surface area contributed by atoms with Crippen LogP contribution in [0.1, 0.15) is 45.4 Å². The SMILES string of the molecule is CCNCCNCc1ccc(C(=O)Nc2ncc(C#Cc3cnc4ccccn34)s2)cc1C(F)F. The van der Waals surface area contributed by atoms with Gasteiger partial charge in [-0.2, -0.15) is 0 Å². The number of aromatic nitrogens is 3. The van der Waals surface area contributed by atoms with Crippen LogP contribution in [0.15, 0.2) is 55.0 Å². The Morgan fingerprint density at radius 3 is 2.80 bits per heavy atom. The quantitative estimate of drug-likeness (QED) is 0.241. The first-order chi connectivity index (χ1) is 17.0. The largest absolute Gasteiger partial charge is 0.316 e. The third kappa shape index (κ3) is 6.27. The molecule has 10 heteroatoms. The molecular weight excluding hydrogens is 470 g/mol. The van der Waals surface area contributed by atoms with Crippen molar-refractivity contribution in [1.82, 2.24) is 25.0 Å². The number of fused-ring (bicyclic) bond motifs is 1. The molecule has 3 aromatic heterocycles. The summed E-state index contributed by atoms with van der Waals surface area (Å²) in [5.41, 5.74) is 1.98. The van der Waals surface area contributed by atoms with Crippen molar-refractivity contribution in [2.24, 2.45) is 0 Å².